The first-order valence-electron chi connectivity index (χ1n) is 7.02. The minimum Gasteiger partial charge on any atom is -0.285 e. The minimum atomic E-state index is -3.55. The molecule has 0 aliphatic carbocycles. The number of H-pyrrole nitrogens is 1. The molecule has 1 heterocycles. The zero-order valence-corrected chi connectivity index (χ0v) is 12.6. The highest BCUT2D eigenvalue weighted by Crippen LogP contribution is 2.39. The topological polar surface area (TPSA) is 41.0 Å². The number of benzene rings is 1. The number of rotatable bonds is 7. The number of nitrogens with zero attached hydrogens (tertiary/aromatic N) is 2. The molecule has 126 valence electrons. The van der Waals surface area contributed by atoms with Crippen LogP contribution in [0.3, 0.4) is 0 Å². The maximum absolute atomic E-state index is 15.0. The summed E-state index contributed by atoms with van der Waals surface area (Å²) < 4.78 is 57.2. The second-order valence-electron chi connectivity index (χ2n) is 5.05. The highest BCUT2D eigenvalue weighted by Gasteiger charge is 2.45. The van der Waals surface area contributed by atoms with Gasteiger partial charge in [-0.2, -0.15) is 13.9 Å². The van der Waals surface area contributed by atoms with Crippen LogP contribution in [0.15, 0.2) is 61.0 Å². The van der Waals surface area contributed by atoms with Crippen LogP contribution in [0.1, 0.15) is 17.0 Å². The fourth-order valence-corrected chi connectivity index (χ4v) is 2.39. The van der Waals surface area contributed by atoms with Crippen molar-refractivity contribution in [3.63, 3.8) is 0 Å². The normalized spacial score (nSPS) is 13.6. The standard InChI is InChI=1S/C17H15F4N3/c1-3-16(22-4-2)17(20,21)14(7-11-9-23-24-10-11)13-6-5-12(18)8-15(13)19/h3-6,8-10,14H,1-2,7H2,(H,23,24). The number of allylic oxidation sites excluding steroid dienone is 1. The van der Waals surface area contributed by atoms with Crippen molar-refractivity contribution >= 4 is 5.71 Å². The van der Waals surface area contributed by atoms with Crippen LogP contribution in [-0.4, -0.2) is 21.8 Å². The average Bonchev–Trinajstić information content (AvgIpc) is 3.04. The maximum atomic E-state index is 15.0. The average molecular weight is 337 g/mol. The summed E-state index contributed by atoms with van der Waals surface area (Å²) in [5.41, 5.74) is -0.513. The highest BCUT2D eigenvalue weighted by atomic mass is 19.3. The van der Waals surface area contributed by atoms with Crippen LogP contribution in [0.2, 0.25) is 0 Å². The van der Waals surface area contributed by atoms with Gasteiger partial charge >= 0.3 is 0 Å². The maximum Gasteiger partial charge on any atom is 0.296 e. The Labute approximate surface area is 136 Å². The van der Waals surface area contributed by atoms with Gasteiger partial charge in [0.05, 0.1) is 12.1 Å². The number of hydrogen-bond donors (Lipinski definition) is 1. The Balaban J connectivity index is 2.55. The van der Waals surface area contributed by atoms with Crippen LogP contribution in [0.5, 0.6) is 0 Å². The molecular formula is C17H15F4N3. The molecule has 0 saturated heterocycles. The molecule has 0 saturated carbocycles. The molecule has 3 nitrogen and oxygen atoms in total. The number of halogens is 4. The molecule has 0 aliphatic heterocycles. The molecular weight excluding hydrogens is 322 g/mol. The number of aliphatic imine (C=N–C) groups is 1. The molecule has 0 aliphatic rings. The zero-order valence-electron chi connectivity index (χ0n) is 12.6. The van der Waals surface area contributed by atoms with Gasteiger partial charge < -0.3 is 0 Å². The molecule has 1 aromatic carbocycles. The molecule has 0 radical (unpaired) electrons. The van der Waals surface area contributed by atoms with E-state index in [1.165, 1.54) is 12.4 Å². The van der Waals surface area contributed by atoms with Crippen LogP contribution >= 0.6 is 0 Å². The van der Waals surface area contributed by atoms with Crippen LogP contribution in [0.25, 0.3) is 0 Å². The summed E-state index contributed by atoms with van der Waals surface area (Å²) >= 11 is 0. The largest absolute Gasteiger partial charge is 0.296 e. The lowest BCUT2D eigenvalue weighted by atomic mass is 9.84. The molecule has 0 fully saturated rings. The van der Waals surface area contributed by atoms with Crippen LogP contribution in [-0.2, 0) is 6.42 Å². The summed E-state index contributed by atoms with van der Waals surface area (Å²) in [4.78, 5) is 3.53. The Morgan fingerprint density at radius 2 is 2.08 bits per heavy atom. The molecule has 24 heavy (non-hydrogen) atoms. The van der Waals surface area contributed by atoms with Gasteiger partial charge in [0, 0.05) is 18.5 Å². The SMILES string of the molecule is C=CN=C(C=C)C(F)(F)C(Cc1cn[nH]c1)c1ccc(F)cc1F. The summed E-state index contributed by atoms with van der Waals surface area (Å²) in [6.07, 6.45) is 4.42. The lowest BCUT2D eigenvalue weighted by molar-refractivity contribution is 0.0454. The second-order valence-corrected chi connectivity index (χ2v) is 5.05. The minimum absolute atomic E-state index is 0.226. The molecule has 1 atom stereocenters. The van der Waals surface area contributed by atoms with Crippen LogP contribution in [0, 0.1) is 11.6 Å². The van der Waals surface area contributed by atoms with E-state index in [9.17, 15) is 17.6 Å². The first-order valence-corrected chi connectivity index (χ1v) is 7.02. The number of aromatic nitrogens is 2. The summed E-state index contributed by atoms with van der Waals surface area (Å²) in [5, 5.41) is 6.21. The smallest absolute Gasteiger partial charge is 0.285 e. The van der Waals surface area contributed by atoms with Gasteiger partial charge in [0.25, 0.3) is 5.92 Å². The Morgan fingerprint density at radius 1 is 1.33 bits per heavy atom. The lowest BCUT2D eigenvalue weighted by Crippen LogP contribution is -2.36. The predicted molar refractivity (Wildman–Crippen MR) is 84.2 cm³/mol. The van der Waals surface area contributed by atoms with E-state index in [2.05, 4.69) is 28.3 Å². The summed E-state index contributed by atoms with van der Waals surface area (Å²) in [6.45, 7) is 6.62. The van der Waals surface area contributed by atoms with Crippen LogP contribution < -0.4 is 0 Å². The van der Waals surface area contributed by atoms with E-state index in [4.69, 9.17) is 0 Å². The fraction of sp³-hybridized carbons (Fsp3) is 0.176. The van der Waals surface area contributed by atoms with Crippen molar-refractivity contribution in [2.75, 3.05) is 0 Å². The van der Waals surface area contributed by atoms with Gasteiger partial charge in [-0.3, -0.25) is 10.1 Å². The Kier molecular flexibility index (Phi) is 5.33. The summed E-state index contributed by atoms with van der Waals surface area (Å²) in [7, 11) is 0. The van der Waals surface area contributed by atoms with Gasteiger partial charge in [-0.15, -0.1) is 0 Å². The van der Waals surface area contributed by atoms with E-state index in [0.29, 0.717) is 11.6 Å². The summed E-state index contributed by atoms with van der Waals surface area (Å²) in [5.74, 6) is -7.06. The third-order valence-electron chi connectivity index (χ3n) is 3.54. The van der Waals surface area contributed by atoms with E-state index >= 15 is 0 Å². The van der Waals surface area contributed by atoms with Crippen LogP contribution in [0.4, 0.5) is 17.6 Å². The molecule has 1 aromatic heterocycles. The van der Waals surface area contributed by atoms with E-state index in [1.807, 2.05) is 0 Å². The molecule has 0 bridgehead atoms. The first-order chi connectivity index (χ1) is 11.4. The van der Waals surface area contributed by atoms with Crippen molar-refractivity contribution in [1.29, 1.82) is 0 Å². The summed E-state index contributed by atoms with van der Waals surface area (Å²) in [6, 6.07) is 2.53. The van der Waals surface area contributed by atoms with Gasteiger partial charge in [0.2, 0.25) is 0 Å². The lowest BCUT2D eigenvalue weighted by Gasteiger charge is -2.27. The molecule has 0 amide bonds. The highest BCUT2D eigenvalue weighted by molar-refractivity contribution is 6.01. The monoisotopic (exact) mass is 337 g/mol. The van der Waals surface area contributed by atoms with Gasteiger partial charge in [0.15, 0.2) is 0 Å². The van der Waals surface area contributed by atoms with Gasteiger partial charge in [-0.25, -0.2) is 8.78 Å². The van der Waals surface area contributed by atoms with Gasteiger partial charge in [-0.05, 0) is 29.7 Å². The van der Waals surface area contributed by atoms with Crippen molar-refractivity contribution in [1.82, 2.24) is 10.2 Å². The third-order valence-corrected chi connectivity index (χ3v) is 3.54. The van der Waals surface area contributed by atoms with E-state index in [-0.39, 0.29) is 12.0 Å². The van der Waals surface area contributed by atoms with E-state index < -0.39 is 29.2 Å². The second kappa shape index (κ2) is 7.25. The van der Waals surface area contributed by atoms with Crippen molar-refractivity contribution in [2.45, 2.75) is 18.3 Å². The molecule has 1 unspecified atom stereocenters. The van der Waals surface area contributed by atoms with Gasteiger partial charge in [-0.1, -0.05) is 19.2 Å². The van der Waals surface area contributed by atoms with E-state index in [1.54, 1.807) is 0 Å². The number of nitrogens with one attached hydrogen (secondary N) is 1. The fourth-order valence-electron chi connectivity index (χ4n) is 2.39. The van der Waals surface area contributed by atoms with Crippen molar-refractivity contribution < 1.29 is 17.6 Å². The van der Waals surface area contributed by atoms with Crippen molar-refractivity contribution in [3.05, 3.63) is 78.8 Å². The zero-order chi connectivity index (χ0) is 17.7. The predicted octanol–water partition coefficient (Wildman–Crippen LogP) is 4.42. The number of alkyl halides is 2. The Bertz CT molecular complexity index is 751. The Hall–Kier alpha value is -2.70. The first kappa shape index (κ1) is 17.7. The molecule has 0 spiro atoms. The van der Waals surface area contributed by atoms with Crippen molar-refractivity contribution in [3.8, 4) is 0 Å². The van der Waals surface area contributed by atoms with E-state index in [0.717, 1.165) is 24.4 Å². The number of hydrogen-bond acceptors (Lipinski definition) is 2. The number of aromatic amines is 1. The van der Waals surface area contributed by atoms with Gasteiger partial charge in [0.1, 0.15) is 17.3 Å². The van der Waals surface area contributed by atoms with Crippen molar-refractivity contribution in [2.24, 2.45) is 4.99 Å². The molecule has 2 aromatic rings. The Morgan fingerprint density at radius 3 is 2.62 bits per heavy atom. The molecule has 1 N–H and O–H groups in total. The third kappa shape index (κ3) is 3.61. The quantitative estimate of drug-likeness (QED) is 0.590. The molecule has 7 heteroatoms. The molecule has 2 rings (SSSR count).